The Bertz CT molecular complexity index is 841. The number of nitrogens with zero attached hydrogens (tertiary/aromatic N) is 2. The van der Waals surface area contributed by atoms with Gasteiger partial charge in [0.25, 0.3) is 5.89 Å². The van der Waals surface area contributed by atoms with E-state index in [-0.39, 0.29) is 11.6 Å². The standard InChI is InChI=1S/C17H13N3O3/c21-14-9-5-4-8-13(14)10-19-20-16(22)17-18-11-15(23-17)12-6-2-1-3-7-12/h1-11,21H,(H,20,22)/b19-10+. The molecular formula is C17H13N3O3. The molecule has 0 unspecified atom stereocenters. The predicted molar refractivity (Wildman–Crippen MR) is 85.1 cm³/mol. The number of para-hydroxylation sites is 1. The molecule has 0 atom stereocenters. The van der Waals surface area contributed by atoms with Crippen LogP contribution in [0.1, 0.15) is 16.2 Å². The normalized spacial score (nSPS) is 10.8. The van der Waals surface area contributed by atoms with E-state index < -0.39 is 5.91 Å². The molecule has 0 fully saturated rings. The van der Waals surface area contributed by atoms with Gasteiger partial charge in [0.05, 0.1) is 12.4 Å². The number of amides is 1. The first kappa shape index (κ1) is 14.5. The second-order valence-corrected chi connectivity index (χ2v) is 4.65. The van der Waals surface area contributed by atoms with Crippen LogP contribution in [0.3, 0.4) is 0 Å². The number of hydrogen-bond acceptors (Lipinski definition) is 5. The number of phenols is 1. The van der Waals surface area contributed by atoms with Gasteiger partial charge in [0, 0.05) is 11.1 Å². The van der Waals surface area contributed by atoms with Gasteiger partial charge in [0.1, 0.15) is 5.75 Å². The first-order valence-electron chi connectivity index (χ1n) is 6.86. The van der Waals surface area contributed by atoms with E-state index >= 15 is 0 Å². The van der Waals surface area contributed by atoms with Gasteiger partial charge < -0.3 is 9.52 Å². The maximum absolute atomic E-state index is 11.9. The first-order valence-corrected chi connectivity index (χ1v) is 6.86. The number of aromatic nitrogens is 1. The first-order chi connectivity index (χ1) is 11.2. The highest BCUT2D eigenvalue weighted by Gasteiger charge is 2.13. The monoisotopic (exact) mass is 307 g/mol. The SMILES string of the molecule is O=C(N/N=C/c1ccccc1O)c1ncc(-c2ccccc2)o1. The number of oxazole rings is 1. The van der Waals surface area contributed by atoms with E-state index in [1.54, 1.807) is 18.2 Å². The van der Waals surface area contributed by atoms with Gasteiger partial charge in [-0.2, -0.15) is 5.10 Å². The summed E-state index contributed by atoms with van der Waals surface area (Å²) in [4.78, 5) is 15.9. The van der Waals surface area contributed by atoms with E-state index in [1.807, 2.05) is 30.3 Å². The lowest BCUT2D eigenvalue weighted by atomic mass is 10.2. The van der Waals surface area contributed by atoms with Crippen molar-refractivity contribution in [2.45, 2.75) is 0 Å². The number of phenolic OH excluding ortho intramolecular Hbond substituents is 1. The van der Waals surface area contributed by atoms with Crippen LogP contribution in [0, 0.1) is 0 Å². The Balaban J connectivity index is 1.68. The molecule has 6 nitrogen and oxygen atoms in total. The van der Waals surface area contributed by atoms with Crippen molar-refractivity contribution >= 4 is 12.1 Å². The second kappa shape index (κ2) is 6.57. The van der Waals surface area contributed by atoms with E-state index in [1.165, 1.54) is 18.5 Å². The van der Waals surface area contributed by atoms with Crippen molar-refractivity contribution < 1.29 is 14.3 Å². The molecule has 0 bridgehead atoms. The van der Waals surface area contributed by atoms with Crippen LogP contribution in [-0.2, 0) is 0 Å². The molecule has 0 spiro atoms. The van der Waals surface area contributed by atoms with Crippen molar-refractivity contribution in [3.05, 3.63) is 72.2 Å². The minimum absolute atomic E-state index is 0.0768. The van der Waals surface area contributed by atoms with E-state index in [4.69, 9.17) is 4.42 Å². The number of rotatable bonds is 4. The van der Waals surface area contributed by atoms with Crippen LogP contribution < -0.4 is 5.43 Å². The summed E-state index contributed by atoms with van der Waals surface area (Å²) in [5, 5.41) is 13.4. The topological polar surface area (TPSA) is 87.7 Å². The summed E-state index contributed by atoms with van der Waals surface area (Å²) >= 11 is 0. The van der Waals surface area contributed by atoms with Crippen molar-refractivity contribution in [2.24, 2.45) is 5.10 Å². The molecule has 0 saturated heterocycles. The fraction of sp³-hybridized carbons (Fsp3) is 0. The quantitative estimate of drug-likeness (QED) is 0.573. The molecule has 3 rings (SSSR count). The Hall–Kier alpha value is -3.41. The number of carbonyl (C=O) groups excluding carboxylic acids is 1. The number of carbonyl (C=O) groups is 1. The lowest BCUT2D eigenvalue weighted by Gasteiger charge is -1.97. The number of nitrogens with one attached hydrogen (secondary N) is 1. The fourth-order valence-electron chi connectivity index (χ4n) is 1.92. The molecule has 0 aliphatic carbocycles. The molecule has 0 saturated carbocycles. The molecular weight excluding hydrogens is 294 g/mol. The summed E-state index contributed by atoms with van der Waals surface area (Å²) in [6.45, 7) is 0. The summed E-state index contributed by atoms with van der Waals surface area (Å²) in [5.41, 5.74) is 3.62. The maximum atomic E-state index is 11.9. The van der Waals surface area contributed by atoms with Crippen LogP contribution in [-0.4, -0.2) is 22.2 Å². The number of hydrogen-bond donors (Lipinski definition) is 2. The molecule has 114 valence electrons. The highest BCUT2D eigenvalue weighted by Crippen LogP contribution is 2.19. The zero-order chi connectivity index (χ0) is 16.1. The lowest BCUT2D eigenvalue weighted by molar-refractivity contribution is 0.0921. The van der Waals surface area contributed by atoms with Crippen LogP contribution in [0.5, 0.6) is 5.75 Å². The van der Waals surface area contributed by atoms with Gasteiger partial charge in [-0.3, -0.25) is 4.79 Å². The zero-order valence-electron chi connectivity index (χ0n) is 12.0. The molecule has 2 N–H and O–H groups in total. The predicted octanol–water partition coefficient (Wildman–Crippen LogP) is 2.81. The highest BCUT2D eigenvalue weighted by atomic mass is 16.4. The largest absolute Gasteiger partial charge is 0.507 e. The summed E-state index contributed by atoms with van der Waals surface area (Å²) in [5.74, 6) is -0.0782. The third-order valence-corrected chi connectivity index (χ3v) is 3.06. The van der Waals surface area contributed by atoms with E-state index in [9.17, 15) is 9.90 Å². The molecule has 6 heteroatoms. The lowest BCUT2D eigenvalue weighted by Crippen LogP contribution is -2.17. The van der Waals surface area contributed by atoms with Gasteiger partial charge in [-0.05, 0) is 12.1 Å². The van der Waals surface area contributed by atoms with Gasteiger partial charge in [-0.1, -0.05) is 42.5 Å². The van der Waals surface area contributed by atoms with Crippen molar-refractivity contribution in [1.82, 2.24) is 10.4 Å². The molecule has 0 aliphatic rings. The average Bonchev–Trinajstić information content (AvgIpc) is 3.07. The Labute approximate surface area is 132 Å². The summed E-state index contributed by atoms with van der Waals surface area (Å²) < 4.78 is 5.41. The van der Waals surface area contributed by atoms with E-state index in [0.717, 1.165) is 5.56 Å². The fourth-order valence-corrected chi connectivity index (χ4v) is 1.92. The van der Waals surface area contributed by atoms with Crippen LogP contribution >= 0.6 is 0 Å². The Kier molecular flexibility index (Phi) is 4.15. The minimum Gasteiger partial charge on any atom is -0.507 e. The summed E-state index contributed by atoms with van der Waals surface area (Å²) in [6, 6.07) is 16.0. The number of aromatic hydroxyl groups is 1. The molecule has 1 heterocycles. The molecule has 3 aromatic rings. The molecule has 0 aliphatic heterocycles. The van der Waals surface area contributed by atoms with Crippen LogP contribution in [0.15, 0.2) is 70.3 Å². The smallest absolute Gasteiger partial charge is 0.327 e. The van der Waals surface area contributed by atoms with Crippen molar-refractivity contribution in [2.75, 3.05) is 0 Å². The maximum Gasteiger partial charge on any atom is 0.327 e. The molecule has 23 heavy (non-hydrogen) atoms. The van der Waals surface area contributed by atoms with Crippen LogP contribution in [0.25, 0.3) is 11.3 Å². The number of benzene rings is 2. The molecule has 0 radical (unpaired) electrons. The molecule has 1 amide bonds. The number of hydrazone groups is 1. The van der Waals surface area contributed by atoms with Crippen molar-refractivity contribution in [1.29, 1.82) is 0 Å². The summed E-state index contributed by atoms with van der Waals surface area (Å²) in [6.07, 6.45) is 2.82. The Morgan fingerprint density at radius 2 is 1.87 bits per heavy atom. The zero-order valence-corrected chi connectivity index (χ0v) is 12.0. The van der Waals surface area contributed by atoms with Crippen molar-refractivity contribution in [3.63, 3.8) is 0 Å². The van der Waals surface area contributed by atoms with Gasteiger partial charge in [-0.25, -0.2) is 10.4 Å². The minimum atomic E-state index is -0.571. The third-order valence-electron chi connectivity index (χ3n) is 3.06. The Morgan fingerprint density at radius 3 is 2.65 bits per heavy atom. The van der Waals surface area contributed by atoms with E-state index in [2.05, 4.69) is 15.5 Å². The van der Waals surface area contributed by atoms with Gasteiger partial charge >= 0.3 is 5.91 Å². The average molecular weight is 307 g/mol. The Morgan fingerprint density at radius 1 is 1.13 bits per heavy atom. The second-order valence-electron chi connectivity index (χ2n) is 4.65. The van der Waals surface area contributed by atoms with Gasteiger partial charge in [0.15, 0.2) is 5.76 Å². The highest BCUT2D eigenvalue weighted by molar-refractivity contribution is 5.91. The third kappa shape index (κ3) is 3.44. The van der Waals surface area contributed by atoms with Gasteiger partial charge in [0.2, 0.25) is 0 Å². The summed E-state index contributed by atoms with van der Waals surface area (Å²) in [7, 11) is 0. The van der Waals surface area contributed by atoms with Crippen LogP contribution in [0.2, 0.25) is 0 Å². The van der Waals surface area contributed by atoms with Gasteiger partial charge in [-0.15, -0.1) is 0 Å². The van der Waals surface area contributed by atoms with Crippen LogP contribution in [0.4, 0.5) is 0 Å². The van der Waals surface area contributed by atoms with Crippen molar-refractivity contribution in [3.8, 4) is 17.1 Å². The molecule has 2 aromatic carbocycles. The van der Waals surface area contributed by atoms with E-state index in [0.29, 0.717) is 11.3 Å². The molecule has 1 aromatic heterocycles.